The van der Waals surface area contributed by atoms with E-state index in [1.165, 1.54) is 32.1 Å². The maximum absolute atomic E-state index is 5.15. The molecule has 0 amide bonds. The first-order valence-electron chi connectivity index (χ1n) is 5.10. The minimum absolute atomic E-state index is 0.910. The first-order chi connectivity index (χ1) is 6.41. The fourth-order valence-electron chi connectivity index (χ4n) is 1.19. The van der Waals surface area contributed by atoms with Crippen molar-refractivity contribution in [3.63, 3.8) is 0 Å². The van der Waals surface area contributed by atoms with Gasteiger partial charge in [-0.2, -0.15) is 0 Å². The molecule has 0 nitrogen and oxygen atoms in total. The predicted molar refractivity (Wildman–Crippen MR) is 58.9 cm³/mol. The van der Waals surface area contributed by atoms with E-state index in [1.54, 1.807) is 0 Å². The summed E-state index contributed by atoms with van der Waals surface area (Å²) in [6.45, 7) is 0. The van der Waals surface area contributed by atoms with E-state index in [4.69, 9.17) is 12.8 Å². The lowest BCUT2D eigenvalue weighted by atomic mass is 10.1. The van der Waals surface area contributed by atoms with Gasteiger partial charge in [0.15, 0.2) is 0 Å². The highest BCUT2D eigenvalue weighted by molar-refractivity contribution is 4.84. The Balaban J connectivity index is 2.85. The smallest absolute Gasteiger partial charge is 0.00861 e. The second kappa shape index (κ2) is 11.1. The molecule has 0 aliphatic rings. The van der Waals surface area contributed by atoms with Crippen LogP contribution in [0.4, 0.5) is 0 Å². The first-order valence-corrected chi connectivity index (χ1v) is 5.10. The summed E-state index contributed by atoms with van der Waals surface area (Å²) in [5, 5.41) is 0. The lowest BCUT2D eigenvalue weighted by Gasteiger charge is -1.98. The van der Waals surface area contributed by atoms with E-state index in [0.29, 0.717) is 0 Å². The van der Waals surface area contributed by atoms with Crippen LogP contribution >= 0.6 is 0 Å². The van der Waals surface area contributed by atoms with E-state index in [1.807, 2.05) is 0 Å². The second-order valence-corrected chi connectivity index (χ2v) is 3.19. The van der Waals surface area contributed by atoms with Gasteiger partial charge in [-0.15, -0.1) is 24.7 Å². The van der Waals surface area contributed by atoms with Gasteiger partial charge in [-0.05, 0) is 25.7 Å². The highest BCUT2D eigenvalue weighted by atomic mass is 14.0. The van der Waals surface area contributed by atoms with Crippen molar-refractivity contribution in [3.05, 3.63) is 6.42 Å². The van der Waals surface area contributed by atoms with Gasteiger partial charge < -0.3 is 0 Å². The molecule has 0 spiro atoms. The first kappa shape index (κ1) is 12.1. The van der Waals surface area contributed by atoms with Crippen LogP contribution in [-0.2, 0) is 0 Å². The Hall–Kier alpha value is -0.880. The maximum Gasteiger partial charge on any atom is 0.00861 e. The van der Waals surface area contributed by atoms with Crippen LogP contribution in [0.5, 0.6) is 0 Å². The molecular weight excluding hydrogens is 156 g/mol. The van der Waals surface area contributed by atoms with Gasteiger partial charge in [-0.3, -0.25) is 0 Å². The third-order valence-corrected chi connectivity index (χ3v) is 1.96. The SMILES string of the molecule is C#CCCC[CH]CCCCCC#C. The Morgan fingerprint density at radius 3 is 2.08 bits per heavy atom. The fourth-order valence-corrected chi connectivity index (χ4v) is 1.19. The van der Waals surface area contributed by atoms with Gasteiger partial charge in [0.2, 0.25) is 0 Å². The average molecular weight is 175 g/mol. The zero-order valence-electron chi connectivity index (χ0n) is 8.39. The molecule has 0 aliphatic heterocycles. The van der Waals surface area contributed by atoms with Crippen LogP contribution in [0.3, 0.4) is 0 Å². The number of terminal acetylenes is 2. The summed E-state index contributed by atoms with van der Waals surface area (Å²) < 4.78 is 0. The van der Waals surface area contributed by atoms with E-state index in [9.17, 15) is 0 Å². The summed E-state index contributed by atoms with van der Waals surface area (Å²) >= 11 is 0. The van der Waals surface area contributed by atoms with Crippen molar-refractivity contribution in [1.29, 1.82) is 0 Å². The molecule has 0 N–H and O–H groups in total. The van der Waals surface area contributed by atoms with Crippen molar-refractivity contribution in [3.8, 4) is 24.7 Å². The Morgan fingerprint density at radius 1 is 0.769 bits per heavy atom. The van der Waals surface area contributed by atoms with Crippen LogP contribution in [0, 0.1) is 31.1 Å². The Kier molecular flexibility index (Phi) is 10.4. The highest BCUT2D eigenvalue weighted by Crippen LogP contribution is 2.07. The number of rotatable bonds is 8. The lowest BCUT2D eigenvalue weighted by Crippen LogP contribution is -1.81. The Labute approximate surface area is 83.1 Å². The van der Waals surface area contributed by atoms with Crippen LogP contribution in [0.15, 0.2) is 0 Å². The molecule has 0 aliphatic carbocycles. The molecule has 0 aromatic carbocycles. The van der Waals surface area contributed by atoms with Crippen molar-refractivity contribution in [1.82, 2.24) is 0 Å². The zero-order chi connectivity index (χ0) is 9.78. The quantitative estimate of drug-likeness (QED) is 0.391. The molecule has 0 bridgehead atoms. The molecule has 0 saturated heterocycles. The monoisotopic (exact) mass is 175 g/mol. The van der Waals surface area contributed by atoms with Crippen molar-refractivity contribution < 1.29 is 0 Å². The molecule has 0 heterocycles. The topological polar surface area (TPSA) is 0 Å². The van der Waals surface area contributed by atoms with E-state index in [0.717, 1.165) is 19.3 Å². The van der Waals surface area contributed by atoms with E-state index < -0.39 is 0 Å². The molecule has 0 saturated carbocycles. The standard InChI is InChI=1S/C13H19/c1-3-5-7-9-11-13-12-10-8-6-4-2/h1-2,11H,5-10,12-13H2. The van der Waals surface area contributed by atoms with Crippen molar-refractivity contribution in [2.45, 2.75) is 51.4 Å². The Morgan fingerprint density at radius 2 is 1.38 bits per heavy atom. The van der Waals surface area contributed by atoms with Crippen LogP contribution in [0.2, 0.25) is 0 Å². The molecule has 0 rings (SSSR count). The van der Waals surface area contributed by atoms with E-state index in [2.05, 4.69) is 18.3 Å². The minimum Gasteiger partial charge on any atom is -0.120 e. The zero-order valence-corrected chi connectivity index (χ0v) is 8.39. The van der Waals surface area contributed by atoms with Crippen LogP contribution in [0.25, 0.3) is 0 Å². The van der Waals surface area contributed by atoms with Gasteiger partial charge >= 0.3 is 0 Å². The van der Waals surface area contributed by atoms with Gasteiger partial charge in [0.05, 0.1) is 0 Å². The second-order valence-electron chi connectivity index (χ2n) is 3.19. The molecule has 0 fully saturated rings. The third-order valence-electron chi connectivity index (χ3n) is 1.96. The number of unbranched alkanes of at least 4 members (excludes halogenated alkanes) is 8. The summed E-state index contributed by atoms with van der Waals surface area (Å²) in [7, 11) is 0. The normalized spacial score (nSPS) is 9.08. The maximum atomic E-state index is 5.15. The van der Waals surface area contributed by atoms with E-state index in [-0.39, 0.29) is 0 Å². The van der Waals surface area contributed by atoms with Gasteiger partial charge in [0, 0.05) is 12.8 Å². The molecule has 0 atom stereocenters. The molecule has 0 unspecified atom stereocenters. The van der Waals surface area contributed by atoms with Crippen LogP contribution in [0.1, 0.15) is 51.4 Å². The van der Waals surface area contributed by atoms with E-state index >= 15 is 0 Å². The molecule has 0 aromatic rings. The summed E-state index contributed by atoms with van der Waals surface area (Å²) in [5.41, 5.74) is 0. The van der Waals surface area contributed by atoms with Gasteiger partial charge in [0.25, 0.3) is 0 Å². The number of hydrogen-bond acceptors (Lipinski definition) is 0. The summed E-state index contributed by atoms with van der Waals surface area (Å²) in [5.74, 6) is 5.30. The Bertz CT molecular complexity index is 145. The molecular formula is C13H19. The summed E-state index contributed by atoms with van der Waals surface area (Å²) in [4.78, 5) is 0. The lowest BCUT2D eigenvalue weighted by molar-refractivity contribution is 0.665. The largest absolute Gasteiger partial charge is 0.120 e. The van der Waals surface area contributed by atoms with Gasteiger partial charge in [0.1, 0.15) is 0 Å². The van der Waals surface area contributed by atoms with Gasteiger partial charge in [-0.25, -0.2) is 0 Å². The third kappa shape index (κ3) is 11.1. The molecule has 1 radical (unpaired) electrons. The van der Waals surface area contributed by atoms with Crippen molar-refractivity contribution >= 4 is 0 Å². The van der Waals surface area contributed by atoms with Crippen molar-refractivity contribution in [2.24, 2.45) is 0 Å². The summed E-state index contributed by atoms with van der Waals surface area (Å²) in [6.07, 6.45) is 21.7. The summed E-state index contributed by atoms with van der Waals surface area (Å²) in [6, 6.07) is 0. The van der Waals surface area contributed by atoms with Crippen molar-refractivity contribution in [2.75, 3.05) is 0 Å². The molecule has 13 heavy (non-hydrogen) atoms. The molecule has 0 aromatic heterocycles. The van der Waals surface area contributed by atoms with Crippen LogP contribution in [-0.4, -0.2) is 0 Å². The minimum atomic E-state index is 0.910. The average Bonchev–Trinajstić information content (AvgIpc) is 2.16. The van der Waals surface area contributed by atoms with Gasteiger partial charge in [-0.1, -0.05) is 19.3 Å². The fraction of sp³-hybridized carbons (Fsp3) is 0.615. The molecule has 0 heteroatoms. The van der Waals surface area contributed by atoms with Crippen LogP contribution < -0.4 is 0 Å². The molecule has 71 valence electrons. The highest BCUT2D eigenvalue weighted by Gasteiger charge is 1.90. The number of hydrogen-bond donors (Lipinski definition) is 0. The predicted octanol–water partition coefficient (Wildman–Crippen LogP) is 3.58.